The van der Waals surface area contributed by atoms with Gasteiger partial charge in [-0.1, -0.05) is 17.7 Å². The van der Waals surface area contributed by atoms with Gasteiger partial charge in [-0.3, -0.25) is 9.10 Å². The zero-order valence-electron chi connectivity index (χ0n) is 15.1. The fourth-order valence-corrected chi connectivity index (χ4v) is 3.31. The molecule has 0 atom stereocenters. The van der Waals surface area contributed by atoms with Gasteiger partial charge in [-0.15, -0.1) is 0 Å². The second-order valence-corrected chi connectivity index (χ2v) is 8.42. The first-order chi connectivity index (χ1) is 12.6. The summed E-state index contributed by atoms with van der Waals surface area (Å²) in [5.74, 6) is -0.670. The number of benzene rings is 2. The minimum Gasteiger partial charge on any atom is -0.491 e. The zero-order valence-corrected chi connectivity index (χ0v) is 16.6. The number of hydrogen-bond donors (Lipinski definition) is 1. The van der Waals surface area contributed by atoms with Crippen LogP contribution >= 0.6 is 11.6 Å². The summed E-state index contributed by atoms with van der Waals surface area (Å²) in [4.78, 5) is 12.4. The maximum Gasteiger partial charge on any atom is 0.245 e. The molecule has 0 unspecified atom stereocenters. The summed E-state index contributed by atoms with van der Waals surface area (Å²) in [6.45, 7) is 3.27. The number of carbonyl (C=O) groups is 1. The molecular weight excluding hydrogens is 395 g/mol. The van der Waals surface area contributed by atoms with Crippen molar-refractivity contribution in [3.05, 3.63) is 53.3 Å². The quantitative estimate of drug-likeness (QED) is 0.750. The van der Waals surface area contributed by atoms with Gasteiger partial charge in [0.25, 0.3) is 0 Å². The lowest BCUT2D eigenvalue weighted by atomic mass is 10.3. The molecule has 2 rings (SSSR count). The Hall–Kier alpha value is -2.32. The van der Waals surface area contributed by atoms with E-state index in [-0.39, 0.29) is 16.8 Å². The summed E-state index contributed by atoms with van der Waals surface area (Å²) in [6.07, 6.45) is 0.925. The molecule has 0 heterocycles. The molecule has 0 aliphatic rings. The minimum atomic E-state index is -3.79. The molecule has 1 N–H and O–H groups in total. The second kappa shape index (κ2) is 8.58. The topological polar surface area (TPSA) is 75.7 Å². The Morgan fingerprint density at radius 1 is 1.26 bits per heavy atom. The number of amides is 1. The molecular formula is C18H20ClFN2O4S. The molecule has 6 nitrogen and oxygen atoms in total. The van der Waals surface area contributed by atoms with Crippen molar-refractivity contribution in [2.75, 3.05) is 22.4 Å². The number of hydrogen-bond acceptors (Lipinski definition) is 4. The summed E-state index contributed by atoms with van der Waals surface area (Å²) >= 11 is 5.72. The van der Waals surface area contributed by atoms with Gasteiger partial charge in [0.15, 0.2) is 0 Å². The van der Waals surface area contributed by atoms with Crippen LogP contribution in [0, 0.1) is 5.82 Å². The van der Waals surface area contributed by atoms with Crippen molar-refractivity contribution in [2.24, 2.45) is 0 Å². The molecule has 146 valence electrons. The van der Waals surface area contributed by atoms with Gasteiger partial charge in [0.05, 0.1) is 23.1 Å². The van der Waals surface area contributed by atoms with Crippen LogP contribution < -0.4 is 14.4 Å². The number of nitrogens with one attached hydrogen (secondary N) is 1. The van der Waals surface area contributed by atoms with Crippen molar-refractivity contribution >= 4 is 38.9 Å². The standard InChI is InChI=1S/C18H20ClFN2O4S/c1-12(2)26-15-6-4-5-13(9-15)21-18(23)11-22(27(3,24)25)14-7-8-17(20)16(19)10-14/h4-10,12H,11H2,1-3H3,(H,21,23). The Labute approximate surface area is 162 Å². The van der Waals surface area contributed by atoms with E-state index in [2.05, 4.69) is 5.32 Å². The Morgan fingerprint density at radius 2 is 1.96 bits per heavy atom. The first-order valence-electron chi connectivity index (χ1n) is 8.05. The van der Waals surface area contributed by atoms with E-state index < -0.39 is 28.3 Å². The molecule has 0 radical (unpaired) electrons. The molecule has 0 aromatic heterocycles. The third kappa shape index (κ3) is 6.11. The normalized spacial score (nSPS) is 11.3. The highest BCUT2D eigenvalue weighted by molar-refractivity contribution is 7.92. The molecule has 1 amide bonds. The maximum atomic E-state index is 13.3. The fraction of sp³-hybridized carbons (Fsp3) is 0.278. The van der Waals surface area contributed by atoms with Gasteiger partial charge >= 0.3 is 0 Å². The van der Waals surface area contributed by atoms with E-state index in [1.807, 2.05) is 13.8 Å². The number of halogens is 2. The fourth-order valence-electron chi connectivity index (χ4n) is 2.29. The van der Waals surface area contributed by atoms with Crippen molar-refractivity contribution < 1.29 is 22.3 Å². The predicted molar refractivity (Wildman–Crippen MR) is 104 cm³/mol. The van der Waals surface area contributed by atoms with Gasteiger partial charge in [0, 0.05) is 11.8 Å². The van der Waals surface area contributed by atoms with Crippen LogP contribution in [0.1, 0.15) is 13.8 Å². The predicted octanol–water partition coefficient (Wildman–Crippen LogP) is 3.67. The van der Waals surface area contributed by atoms with Crippen LogP contribution in [-0.4, -0.2) is 33.2 Å². The molecule has 0 aliphatic heterocycles. The van der Waals surface area contributed by atoms with E-state index in [1.54, 1.807) is 24.3 Å². The molecule has 9 heteroatoms. The molecule has 27 heavy (non-hydrogen) atoms. The largest absolute Gasteiger partial charge is 0.491 e. The van der Waals surface area contributed by atoms with Crippen molar-refractivity contribution in [3.8, 4) is 5.75 Å². The average Bonchev–Trinajstić information content (AvgIpc) is 2.54. The lowest BCUT2D eigenvalue weighted by Gasteiger charge is -2.22. The maximum absolute atomic E-state index is 13.3. The molecule has 0 fully saturated rings. The van der Waals surface area contributed by atoms with E-state index >= 15 is 0 Å². The number of sulfonamides is 1. The van der Waals surface area contributed by atoms with E-state index in [0.717, 1.165) is 22.7 Å². The van der Waals surface area contributed by atoms with E-state index in [1.165, 1.54) is 6.07 Å². The van der Waals surface area contributed by atoms with Crippen LogP contribution in [0.25, 0.3) is 0 Å². The van der Waals surface area contributed by atoms with Gasteiger partial charge in [0.2, 0.25) is 15.9 Å². The molecule has 0 saturated heterocycles. The van der Waals surface area contributed by atoms with Crippen LogP contribution in [0.3, 0.4) is 0 Å². The zero-order chi connectivity index (χ0) is 20.2. The van der Waals surface area contributed by atoms with E-state index in [9.17, 15) is 17.6 Å². The Morgan fingerprint density at radius 3 is 2.56 bits per heavy atom. The summed E-state index contributed by atoms with van der Waals surface area (Å²) < 4.78 is 43.9. The molecule has 0 aliphatic carbocycles. The highest BCUT2D eigenvalue weighted by atomic mass is 35.5. The molecule has 2 aromatic carbocycles. The minimum absolute atomic E-state index is 0.0279. The lowest BCUT2D eigenvalue weighted by Crippen LogP contribution is -2.37. The van der Waals surface area contributed by atoms with Gasteiger partial charge in [-0.05, 0) is 44.2 Å². The van der Waals surface area contributed by atoms with Crippen LogP contribution in [-0.2, 0) is 14.8 Å². The molecule has 2 aromatic rings. The monoisotopic (exact) mass is 414 g/mol. The van der Waals surface area contributed by atoms with Crippen molar-refractivity contribution in [2.45, 2.75) is 20.0 Å². The first-order valence-corrected chi connectivity index (χ1v) is 10.3. The summed E-state index contributed by atoms with van der Waals surface area (Å²) in [5.41, 5.74) is 0.555. The van der Waals surface area contributed by atoms with Crippen molar-refractivity contribution in [1.29, 1.82) is 0 Å². The van der Waals surface area contributed by atoms with Gasteiger partial charge < -0.3 is 10.1 Å². The van der Waals surface area contributed by atoms with Gasteiger partial charge in [-0.2, -0.15) is 0 Å². The first kappa shape index (κ1) is 21.0. The smallest absolute Gasteiger partial charge is 0.245 e. The Bertz CT molecular complexity index is 935. The van der Waals surface area contributed by atoms with Crippen LogP contribution in [0.2, 0.25) is 5.02 Å². The number of ether oxygens (including phenoxy) is 1. The molecule has 0 spiro atoms. The van der Waals surface area contributed by atoms with E-state index in [4.69, 9.17) is 16.3 Å². The number of nitrogens with zero attached hydrogens (tertiary/aromatic N) is 1. The highest BCUT2D eigenvalue weighted by Gasteiger charge is 2.22. The third-order valence-corrected chi connectivity index (χ3v) is 4.80. The number of anilines is 2. The summed E-state index contributed by atoms with van der Waals surface area (Å²) in [5, 5.41) is 2.39. The second-order valence-electron chi connectivity index (χ2n) is 6.11. The number of carbonyl (C=O) groups excluding carboxylic acids is 1. The van der Waals surface area contributed by atoms with Crippen molar-refractivity contribution in [3.63, 3.8) is 0 Å². The molecule has 0 bridgehead atoms. The SMILES string of the molecule is CC(C)Oc1cccc(NC(=O)CN(c2ccc(F)c(Cl)c2)S(C)(=O)=O)c1. The van der Waals surface area contributed by atoms with Gasteiger partial charge in [0.1, 0.15) is 18.1 Å². The average molecular weight is 415 g/mol. The van der Waals surface area contributed by atoms with Crippen LogP contribution in [0.4, 0.5) is 15.8 Å². The lowest BCUT2D eigenvalue weighted by molar-refractivity contribution is -0.114. The molecule has 0 saturated carbocycles. The highest BCUT2D eigenvalue weighted by Crippen LogP contribution is 2.25. The van der Waals surface area contributed by atoms with Crippen molar-refractivity contribution in [1.82, 2.24) is 0 Å². The van der Waals surface area contributed by atoms with Crippen LogP contribution in [0.15, 0.2) is 42.5 Å². The Kier molecular flexibility index (Phi) is 6.67. The van der Waals surface area contributed by atoms with Gasteiger partial charge in [-0.25, -0.2) is 12.8 Å². The third-order valence-electron chi connectivity index (χ3n) is 3.37. The summed E-state index contributed by atoms with van der Waals surface area (Å²) in [6, 6.07) is 10.2. The van der Waals surface area contributed by atoms with Crippen LogP contribution in [0.5, 0.6) is 5.75 Å². The number of rotatable bonds is 7. The summed E-state index contributed by atoms with van der Waals surface area (Å²) in [7, 11) is -3.79. The van der Waals surface area contributed by atoms with E-state index in [0.29, 0.717) is 11.4 Å². The Balaban J connectivity index is 2.18.